The number of benzene rings is 2. The van der Waals surface area contributed by atoms with Crippen molar-refractivity contribution in [2.45, 2.75) is 0 Å². The number of nitrogens with zero attached hydrogens (tertiary/aromatic N) is 2. The second kappa shape index (κ2) is 4.75. The Bertz CT molecular complexity index is 615. The zero-order chi connectivity index (χ0) is 12.2. The number of hydrogen-bond donors (Lipinski definition) is 1. The fourth-order valence-corrected chi connectivity index (χ4v) is 1.85. The van der Waals surface area contributed by atoms with Gasteiger partial charge in [0.15, 0.2) is 5.82 Å². The average Bonchev–Trinajstić information content (AvgIpc) is 2.89. The lowest BCUT2D eigenvalue weighted by atomic mass is 10.2. The van der Waals surface area contributed by atoms with Gasteiger partial charge in [0.2, 0.25) is 0 Å². The average molecular weight is 235 g/mol. The molecule has 1 N–H and O–H groups in total. The highest BCUT2D eigenvalue weighted by atomic mass is 15.4. The molecule has 0 unspecified atom stereocenters. The predicted octanol–water partition coefficient (Wildman–Crippen LogP) is 3.43. The van der Waals surface area contributed by atoms with Crippen LogP contribution in [0.3, 0.4) is 0 Å². The maximum absolute atomic E-state index is 4.38. The highest BCUT2D eigenvalue weighted by Gasteiger charge is 2.04. The van der Waals surface area contributed by atoms with Gasteiger partial charge in [0.05, 0.1) is 5.69 Å². The number of imidazole rings is 1. The van der Waals surface area contributed by atoms with E-state index in [0.717, 1.165) is 17.1 Å². The van der Waals surface area contributed by atoms with Crippen molar-refractivity contribution >= 4 is 5.69 Å². The summed E-state index contributed by atoms with van der Waals surface area (Å²) in [5, 5.41) is 0. The molecule has 3 nitrogen and oxygen atoms in total. The Morgan fingerprint density at radius 1 is 0.833 bits per heavy atom. The standard InChI is InChI=1S/C15H13N3/c1-3-7-13(8-4-1)15-16-11-12-18(15)17-14-9-5-2-6-10-14/h1-12,17H. The summed E-state index contributed by atoms with van der Waals surface area (Å²) in [6, 6.07) is 20.2. The van der Waals surface area contributed by atoms with Crippen molar-refractivity contribution in [1.29, 1.82) is 0 Å². The molecule has 3 heteroatoms. The SMILES string of the molecule is c1ccc(Nn2ccnc2-c2ccccc2)cc1. The molecule has 2 aromatic carbocycles. The van der Waals surface area contributed by atoms with Crippen LogP contribution in [0.5, 0.6) is 0 Å². The summed E-state index contributed by atoms with van der Waals surface area (Å²) in [5.41, 5.74) is 5.43. The Morgan fingerprint density at radius 3 is 2.22 bits per heavy atom. The summed E-state index contributed by atoms with van der Waals surface area (Å²) < 4.78 is 1.92. The van der Waals surface area contributed by atoms with E-state index >= 15 is 0 Å². The van der Waals surface area contributed by atoms with E-state index in [-0.39, 0.29) is 0 Å². The Balaban J connectivity index is 1.93. The fourth-order valence-electron chi connectivity index (χ4n) is 1.85. The molecule has 18 heavy (non-hydrogen) atoms. The summed E-state index contributed by atoms with van der Waals surface area (Å²) in [7, 11) is 0. The third-order valence-corrected chi connectivity index (χ3v) is 2.70. The third-order valence-electron chi connectivity index (χ3n) is 2.70. The summed E-state index contributed by atoms with van der Waals surface area (Å²) in [5.74, 6) is 0.902. The van der Waals surface area contributed by atoms with Gasteiger partial charge in [-0.2, -0.15) is 0 Å². The Labute approximate surface area is 106 Å². The zero-order valence-corrected chi connectivity index (χ0v) is 9.82. The molecule has 0 spiro atoms. The highest BCUT2D eigenvalue weighted by molar-refractivity contribution is 5.57. The molecule has 0 aliphatic heterocycles. The number of rotatable bonds is 3. The van der Waals surface area contributed by atoms with Gasteiger partial charge in [-0.3, -0.25) is 5.43 Å². The minimum absolute atomic E-state index is 0.902. The van der Waals surface area contributed by atoms with Gasteiger partial charge in [-0.1, -0.05) is 48.5 Å². The molecule has 88 valence electrons. The molecule has 1 aromatic heterocycles. The van der Waals surface area contributed by atoms with Gasteiger partial charge in [0.25, 0.3) is 0 Å². The van der Waals surface area contributed by atoms with Crippen LogP contribution in [0, 0.1) is 0 Å². The molecule has 0 fully saturated rings. The van der Waals surface area contributed by atoms with Gasteiger partial charge < -0.3 is 0 Å². The van der Waals surface area contributed by atoms with Crippen LogP contribution in [0.1, 0.15) is 0 Å². The van der Waals surface area contributed by atoms with Crippen molar-refractivity contribution in [3.05, 3.63) is 73.1 Å². The van der Waals surface area contributed by atoms with Crippen LogP contribution in [0.2, 0.25) is 0 Å². The van der Waals surface area contributed by atoms with Gasteiger partial charge in [0, 0.05) is 18.0 Å². The van der Waals surface area contributed by atoms with E-state index in [2.05, 4.69) is 10.4 Å². The Morgan fingerprint density at radius 2 is 1.50 bits per heavy atom. The lowest BCUT2D eigenvalue weighted by Crippen LogP contribution is -2.09. The first-order valence-electron chi connectivity index (χ1n) is 5.84. The molecular weight excluding hydrogens is 222 g/mol. The first kappa shape index (κ1) is 10.6. The molecular formula is C15H13N3. The first-order chi connectivity index (χ1) is 8.93. The maximum Gasteiger partial charge on any atom is 0.158 e. The first-order valence-corrected chi connectivity index (χ1v) is 5.84. The van der Waals surface area contributed by atoms with Crippen molar-refractivity contribution < 1.29 is 0 Å². The van der Waals surface area contributed by atoms with E-state index in [4.69, 9.17) is 0 Å². The second-order valence-corrected chi connectivity index (χ2v) is 3.96. The minimum atomic E-state index is 0.902. The van der Waals surface area contributed by atoms with Crippen molar-refractivity contribution in [3.8, 4) is 11.4 Å². The van der Waals surface area contributed by atoms with Crippen LogP contribution in [-0.2, 0) is 0 Å². The lowest BCUT2D eigenvalue weighted by Gasteiger charge is -2.10. The molecule has 1 heterocycles. The van der Waals surface area contributed by atoms with Crippen LogP contribution in [0.4, 0.5) is 5.69 Å². The van der Waals surface area contributed by atoms with Crippen LogP contribution < -0.4 is 5.43 Å². The fraction of sp³-hybridized carbons (Fsp3) is 0. The maximum atomic E-state index is 4.38. The van der Waals surface area contributed by atoms with E-state index in [1.807, 2.05) is 71.5 Å². The highest BCUT2D eigenvalue weighted by Crippen LogP contribution is 2.17. The van der Waals surface area contributed by atoms with Gasteiger partial charge in [-0.25, -0.2) is 9.66 Å². The zero-order valence-electron chi connectivity index (χ0n) is 9.82. The number of anilines is 1. The summed E-state index contributed by atoms with van der Waals surface area (Å²) in [4.78, 5) is 4.38. The molecule has 0 aliphatic carbocycles. The van der Waals surface area contributed by atoms with Gasteiger partial charge in [-0.15, -0.1) is 0 Å². The number of hydrogen-bond acceptors (Lipinski definition) is 2. The van der Waals surface area contributed by atoms with Crippen molar-refractivity contribution in [1.82, 2.24) is 9.66 Å². The van der Waals surface area contributed by atoms with Crippen molar-refractivity contribution in [3.63, 3.8) is 0 Å². The van der Waals surface area contributed by atoms with E-state index < -0.39 is 0 Å². The van der Waals surface area contributed by atoms with E-state index in [1.165, 1.54) is 0 Å². The van der Waals surface area contributed by atoms with Crippen molar-refractivity contribution in [2.75, 3.05) is 5.43 Å². The molecule has 0 amide bonds. The molecule has 3 aromatic rings. The number of aromatic nitrogens is 2. The van der Waals surface area contributed by atoms with Crippen LogP contribution in [-0.4, -0.2) is 9.66 Å². The Kier molecular flexibility index (Phi) is 2.80. The second-order valence-electron chi connectivity index (χ2n) is 3.96. The molecule has 3 rings (SSSR count). The smallest absolute Gasteiger partial charge is 0.158 e. The topological polar surface area (TPSA) is 29.9 Å². The van der Waals surface area contributed by atoms with E-state index in [1.54, 1.807) is 6.20 Å². The predicted molar refractivity (Wildman–Crippen MR) is 73.1 cm³/mol. The van der Waals surface area contributed by atoms with Crippen molar-refractivity contribution in [2.24, 2.45) is 0 Å². The number of nitrogens with one attached hydrogen (secondary N) is 1. The molecule has 0 radical (unpaired) electrons. The molecule has 0 aliphatic rings. The third kappa shape index (κ3) is 2.11. The number of para-hydroxylation sites is 1. The quantitative estimate of drug-likeness (QED) is 0.753. The van der Waals surface area contributed by atoms with Crippen LogP contribution >= 0.6 is 0 Å². The minimum Gasteiger partial charge on any atom is -0.293 e. The van der Waals surface area contributed by atoms with E-state index in [0.29, 0.717) is 0 Å². The van der Waals surface area contributed by atoms with Crippen LogP contribution in [0.25, 0.3) is 11.4 Å². The molecule has 0 atom stereocenters. The summed E-state index contributed by atoms with van der Waals surface area (Å²) >= 11 is 0. The lowest BCUT2D eigenvalue weighted by molar-refractivity contribution is 0.966. The molecule has 0 saturated carbocycles. The molecule has 0 saturated heterocycles. The normalized spacial score (nSPS) is 10.2. The van der Waals surface area contributed by atoms with Crippen LogP contribution in [0.15, 0.2) is 73.1 Å². The van der Waals surface area contributed by atoms with E-state index in [9.17, 15) is 0 Å². The van der Waals surface area contributed by atoms with Gasteiger partial charge in [-0.05, 0) is 12.1 Å². The Hall–Kier alpha value is -2.55. The monoisotopic (exact) mass is 235 g/mol. The molecule has 0 bridgehead atoms. The summed E-state index contributed by atoms with van der Waals surface area (Å²) in [6.07, 6.45) is 3.70. The largest absolute Gasteiger partial charge is 0.293 e. The van der Waals surface area contributed by atoms with Gasteiger partial charge in [0.1, 0.15) is 0 Å². The summed E-state index contributed by atoms with van der Waals surface area (Å²) in [6.45, 7) is 0. The van der Waals surface area contributed by atoms with Gasteiger partial charge >= 0.3 is 0 Å².